The number of hydrogen-bond donors (Lipinski definition) is 1. The zero-order valence-electron chi connectivity index (χ0n) is 7.64. The molecule has 1 aliphatic carbocycles. The second-order valence-electron chi connectivity index (χ2n) is 3.33. The highest BCUT2D eigenvalue weighted by atomic mass is 16.5. The summed E-state index contributed by atoms with van der Waals surface area (Å²) in [5.41, 5.74) is 0. The van der Waals surface area contributed by atoms with E-state index in [1.54, 1.807) is 0 Å². The lowest BCUT2D eigenvalue weighted by Crippen LogP contribution is -2.12. The highest BCUT2D eigenvalue weighted by Gasteiger charge is 2.22. The van der Waals surface area contributed by atoms with Gasteiger partial charge < -0.3 is 10.1 Å². The third-order valence-corrected chi connectivity index (χ3v) is 1.98. The predicted molar refractivity (Wildman–Crippen MR) is 46.8 cm³/mol. The maximum Gasteiger partial charge on any atom is 0.305 e. The molecule has 1 saturated carbocycles. The molecular weight excluding hydrogens is 154 g/mol. The van der Waals surface area contributed by atoms with Crippen LogP contribution >= 0.6 is 0 Å². The molecule has 70 valence electrons. The molecule has 0 aromatic carbocycles. The van der Waals surface area contributed by atoms with Crippen LogP contribution in [0.3, 0.4) is 0 Å². The number of carbonyl (C=O) groups is 1. The second-order valence-corrected chi connectivity index (χ2v) is 3.33. The summed E-state index contributed by atoms with van der Waals surface area (Å²) in [4.78, 5) is 11.0. The molecule has 0 radical (unpaired) electrons. The van der Waals surface area contributed by atoms with Crippen molar-refractivity contribution in [1.29, 1.82) is 0 Å². The van der Waals surface area contributed by atoms with Gasteiger partial charge in [0, 0.05) is 6.42 Å². The molecule has 3 nitrogen and oxygen atoms in total. The van der Waals surface area contributed by atoms with Crippen LogP contribution in [0.5, 0.6) is 0 Å². The van der Waals surface area contributed by atoms with Crippen molar-refractivity contribution in [2.75, 3.05) is 20.2 Å². The normalized spacial score (nSPS) is 16.1. The molecule has 3 heteroatoms. The van der Waals surface area contributed by atoms with Gasteiger partial charge in [0.15, 0.2) is 0 Å². The molecule has 0 spiro atoms. The molecule has 0 bridgehead atoms. The summed E-state index contributed by atoms with van der Waals surface area (Å²) in [5, 5.41) is 2.99. The third-order valence-electron chi connectivity index (χ3n) is 1.98. The fourth-order valence-corrected chi connectivity index (χ4v) is 0.977. The topological polar surface area (TPSA) is 38.3 Å². The molecule has 12 heavy (non-hydrogen) atoms. The molecule has 0 aromatic heterocycles. The van der Waals surface area contributed by atoms with Gasteiger partial charge in [0.1, 0.15) is 0 Å². The van der Waals surface area contributed by atoms with Gasteiger partial charge in [-0.2, -0.15) is 0 Å². The zero-order chi connectivity index (χ0) is 8.81. The molecule has 0 amide bonds. The van der Waals surface area contributed by atoms with Gasteiger partial charge in [0.05, 0.1) is 6.61 Å². The van der Waals surface area contributed by atoms with Crippen molar-refractivity contribution in [3.8, 4) is 0 Å². The molecule has 1 fully saturated rings. The van der Waals surface area contributed by atoms with Crippen molar-refractivity contribution in [2.24, 2.45) is 5.92 Å². The Labute approximate surface area is 73.5 Å². The van der Waals surface area contributed by atoms with Gasteiger partial charge in [0.2, 0.25) is 0 Å². The first-order valence-corrected chi connectivity index (χ1v) is 4.63. The van der Waals surface area contributed by atoms with Gasteiger partial charge in [-0.1, -0.05) is 0 Å². The van der Waals surface area contributed by atoms with E-state index in [0.717, 1.165) is 13.0 Å². The molecular formula is C9H17NO2. The van der Waals surface area contributed by atoms with Crippen LogP contribution in [0.4, 0.5) is 0 Å². The Kier molecular flexibility index (Phi) is 4.08. The molecule has 1 aliphatic rings. The molecule has 0 aromatic rings. The van der Waals surface area contributed by atoms with Crippen LogP contribution in [-0.4, -0.2) is 26.2 Å². The first-order chi connectivity index (χ1) is 5.83. The lowest BCUT2D eigenvalue weighted by molar-refractivity contribution is -0.144. The molecule has 1 N–H and O–H groups in total. The van der Waals surface area contributed by atoms with Crippen LogP contribution in [0.1, 0.15) is 25.7 Å². The van der Waals surface area contributed by atoms with E-state index in [1.807, 2.05) is 7.05 Å². The Bertz CT molecular complexity index is 143. The van der Waals surface area contributed by atoms with Gasteiger partial charge in [0.25, 0.3) is 0 Å². The minimum Gasteiger partial charge on any atom is -0.465 e. The fraction of sp³-hybridized carbons (Fsp3) is 0.889. The lowest BCUT2D eigenvalue weighted by Gasteiger charge is -2.02. The van der Waals surface area contributed by atoms with Crippen molar-refractivity contribution in [2.45, 2.75) is 25.7 Å². The van der Waals surface area contributed by atoms with Gasteiger partial charge >= 0.3 is 5.97 Å². The molecule has 0 heterocycles. The van der Waals surface area contributed by atoms with Gasteiger partial charge in [-0.3, -0.25) is 4.79 Å². The maximum atomic E-state index is 11.0. The average Bonchev–Trinajstić information content (AvgIpc) is 2.84. The van der Waals surface area contributed by atoms with Gasteiger partial charge in [-0.05, 0) is 38.8 Å². The van der Waals surface area contributed by atoms with Crippen LogP contribution in [0.15, 0.2) is 0 Å². The van der Waals surface area contributed by atoms with E-state index in [1.165, 1.54) is 12.8 Å². The lowest BCUT2D eigenvalue weighted by atomic mass is 10.3. The van der Waals surface area contributed by atoms with E-state index >= 15 is 0 Å². The quantitative estimate of drug-likeness (QED) is 0.477. The summed E-state index contributed by atoms with van der Waals surface area (Å²) >= 11 is 0. The van der Waals surface area contributed by atoms with Crippen LogP contribution in [-0.2, 0) is 9.53 Å². The SMILES string of the molecule is CNCCCC(=O)OCC1CC1. The van der Waals surface area contributed by atoms with Crippen LogP contribution in [0.25, 0.3) is 0 Å². The first-order valence-electron chi connectivity index (χ1n) is 4.63. The summed E-state index contributed by atoms with van der Waals surface area (Å²) in [6.45, 7) is 1.54. The maximum absolute atomic E-state index is 11.0. The summed E-state index contributed by atoms with van der Waals surface area (Å²) < 4.78 is 5.05. The standard InChI is InChI=1S/C9H17NO2/c1-10-6-2-3-9(11)12-7-8-4-5-8/h8,10H,2-7H2,1H3. The third kappa shape index (κ3) is 4.34. The number of nitrogens with one attached hydrogen (secondary N) is 1. The van der Waals surface area contributed by atoms with E-state index in [-0.39, 0.29) is 5.97 Å². The monoisotopic (exact) mass is 171 g/mol. The van der Waals surface area contributed by atoms with Crippen molar-refractivity contribution in [3.05, 3.63) is 0 Å². The van der Waals surface area contributed by atoms with Crippen LogP contribution in [0, 0.1) is 5.92 Å². The van der Waals surface area contributed by atoms with E-state index in [9.17, 15) is 4.79 Å². The molecule has 1 rings (SSSR count). The minimum atomic E-state index is -0.0443. The van der Waals surface area contributed by atoms with Crippen molar-refractivity contribution < 1.29 is 9.53 Å². The van der Waals surface area contributed by atoms with Crippen LogP contribution < -0.4 is 5.32 Å². The van der Waals surface area contributed by atoms with Crippen molar-refractivity contribution >= 4 is 5.97 Å². The Morgan fingerprint density at radius 2 is 2.33 bits per heavy atom. The van der Waals surface area contributed by atoms with Gasteiger partial charge in [-0.25, -0.2) is 0 Å². The highest BCUT2D eigenvalue weighted by Crippen LogP contribution is 2.28. The largest absolute Gasteiger partial charge is 0.465 e. The number of esters is 1. The van der Waals surface area contributed by atoms with E-state index < -0.39 is 0 Å². The van der Waals surface area contributed by atoms with E-state index in [4.69, 9.17) is 4.74 Å². The number of rotatable bonds is 6. The Hall–Kier alpha value is -0.570. The fourth-order valence-electron chi connectivity index (χ4n) is 0.977. The Balaban J connectivity index is 1.88. The summed E-state index contributed by atoms with van der Waals surface area (Å²) in [5.74, 6) is 0.635. The summed E-state index contributed by atoms with van der Waals surface area (Å²) in [6.07, 6.45) is 3.90. The molecule has 0 aliphatic heterocycles. The smallest absolute Gasteiger partial charge is 0.305 e. The molecule has 0 saturated heterocycles. The molecule has 0 atom stereocenters. The Morgan fingerprint density at radius 1 is 1.58 bits per heavy atom. The van der Waals surface area contributed by atoms with E-state index in [2.05, 4.69) is 5.32 Å². The predicted octanol–water partition coefficient (Wildman–Crippen LogP) is 0.939. The van der Waals surface area contributed by atoms with Crippen molar-refractivity contribution in [3.63, 3.8) is 0 Å². The van der Waals surface area contributed by atoms with Crippen molar-refractivity contribution in [1.82, 2.24) is 5.32 Å². The van der Waals surface area contributed by atoms with E-state index in [0.29, 0.717) is 18.9 Å². The summed E-state index contributed by atoms with van der Waals surface area (Å²) in [6, 6.07) is 0. The van der Waals surface area contributed by atoms with Gasteiger partial charge in [-0.15, -0.1) is 0 Å². The zero-order valence-corrected chi connectivity index (χ0v) is 7.64. The summed E-state index contributed by atoms with van der Waals surface area (Å²) in [7, 11) is 1.88. The average molecular weight is 171 g/mol. The number of carbonyl (C=O) groups excluding carboxylic acids is 1. The first kappa shape index (κ1) is 9.52. The molecule has 0 unspecified atom stereocenters. The highest BCUT2D eigenvalue weighted by molar-refractivity contribution is 5.69. The Morgan fingerprint density at radius 3 is 2.92 bits per heavy atom. The second kappa shape index (κ2) is 5.14. The number of ether oxygens (including phenoxy) is 1. The number of hydrogen-bond acceptors (Lipinski definition) is 3. The minimum absolute atomic E-state index is 0.0443. The van der Waals surface area contributed by atoms with Crippen LogP contribution in [0.2, 0.25) is 0 Å².